The normalized spacial score (nSPS) is 10.2. The maximum absolute atomic E-state index is 9.64. The molecule has 0 aliphatic rings. The first-order valence-electron chi connectivity index (χ1n) is 4.63. The van der Waals surface area contributed by atoms with E-state index in [-0.39, 0.29) is 11.3 Å². The lowest BCUT2D eigenvalue weighted by Crippen LogP contribution is -1.82. The Morgan fingerprint density at radius 1 is 0.688 bits per heavy atom. The van der Waals surface area contributed by atoms with Crippen molar-refractivity contribution >= 4 is 0 Å². The van der Waals surface area contributed by atoms with Crippen molar-refractivity contribution in [3.63, 3.8) is 0 Å². The minimum atomic E-state index is -0.642. The first-order chi connectivity index (χ1) is 7.61. The molecule has 4 N–H and O–H groups in total. The summed E-state index contributed by atoms with van der Waals surface area (Å²) in [6.07, 6.45) is 0. The molecule has 4 nitrogen and oxygen atoms in total. The average Bonchev–Trinajstić information content (AvgIpc) is 2.28. The quantitative estimate of drug-likeness (QED) is 0.437. The fraction of sp³-hybridized carbons (Fsp3) is 0. The van der Waals surface area contributed by atoms with Crippen LogP contribution in [0.5, 0.6) is 23.0 Å². The molecule has 0 fully saturated rings. The van der Waals surface area contributed by atoms with Crippen molar-refractivity contribution in [2.75, 3.05) is 0 Å². The number of rotatable bonds is 1. The number of hydrogen-bond acceptors (Lipinski definition) is 4. The van der Waals surface area contributed by atoms with Gasteiger partial charge in [0.25, 0.3) is 0 Å². The summed E-state index contributed by atoms with van der Waals surface area (Å²) in [7, 11) is 0. The third-order valence-electron chi connectivity index (χ3n) is 2.30. The molecular formula is C12H10O4. The molecule has 0 unspecified atom stereocenters. The molecule has 0 spiro atoms. The summed E-state index contributed by atoms with van der Waals surface area (Å²) >= 11 is 0. The molecule has 4 heteroatoms. The third-order valence-corrected chi connectivity index (χ3v) is 2.30. The second-order valence-corrected chi connectivity index (χ2v) is 3.35. The summed E-state index contributed by atoms with van der Waals surface area (Å²) in [5, 5.41) is 37.8. The van der Waals surface area contributed by atoms with Crippen molar-refractivity contribution in [2.24, 2.45) is 0 Å². The highest BCUT2D eigenvalue weighted by atomic mass is 16.3. The van der Waals surface area contributed by atoms with Crippen LogP contribution in [0.15, 0.2) is 36.4 Å². The zero-order valence-electron chi connectivity index (χ0n) is 8.25. The van der Waals surface area contributed by atoms with Crippen LogP contribution in [-0.4, -0.2) is 20.4 Å². The Morgan fingerprint density at radius 2 is 1.31 bits per heavy atom. The van der Waals surface area contributed by atoms with Gasteiger partial charge in [0.15, 0.2) is 11.5 Å². The molecule has 0 saturated heterocycles. The van der Waals surface area contributed by atoms with Gasteiger partial charge >= 0.3 is 0 Å². The van der Waals surface area contributed by atoms with E-state index < -0.39 is 17.2 Å². The molecule has 0 aliphatic heterocycles. The van der Waals surface area contributed by atoms with E-state index in [4.69, 9.17) is 0 Å². The monoisotopic (exact) mass is 218 g/mol. The Hall–Kier alpha value is -2.36. The standard InChI is InChI=1S/C12H10O4/c13-8-6-9(14)11(15)12(16)10(8)7-4-2-1-3-5-7/h1-6,13-16H. The van der Waals surface area contributed by atoms with E-state index in [0.717, 1.165) is 6.07 Å². The Kier molecular flexibility index (Phi) is 2.32. The molecule has 2 aromatic carbocycles. The van der Waals surface area contributed by atoms with Gasteiger partial charge < -0.3 is 20.4 Å². The minimum Gasteiger partial charge on any atom is -0.507 e. The molecule has 0 amide bonds. The number of phenolic OH excluding ortho intramolecular Hbond substituents is 4. The van der Waals surface area contributed by atoms with Gasteiger partial charge in [0.1, 0.15) is 5.75 Å². The Morgan fingerprint density at radius 3 is 1.94 bits per heavy atom. The van der Waals surface area contributed by atoms with E-state index in [2.05, 4.69) is 0 Å². The lowest BCUT2D eigenvalue weighted by atomic mass is 10.0. The number of aromatic hydroxyl groups is 4. The molecule has 16 heavy (non-hydrogen) atoms. The van der Waals surface area contributed by atoms with E-state index in [1.54, 1.807) is 30.3 Å². The molecule has 82 valence electrons. The van der Waals surface area contributed by atoms with Crippen LogP contribution in [0.25, 0.3) is 11.1 Å². The second kappa shape index (κ2) is 3.66. The highest BCUT2D eigenvalue weighted by molar-refractivity contribution is 5.80. The SMILES string of the molecule is Oc1cc(O)c(-c2ccccc2)c(O)c1O. The maximum Gasteiger partial charge on any atom is 0.201 e. The zero-order valence-corrected chi connectivity index (χ0v) is 8.25. The Labute approximate surface area is 91.7 Å². The molecule has 0 saturated carbocycles. The van der Waals surface area contributed by atoms with Crippen LogP contribution in [0.4, 0.5) is 0 Å². The van der Waals surface area contributed by atoms with Gasteiger partial charge in [-0.15, -0.1) is 0 Å². The molecular weight excluding hydrogens is 208 g/mol. The second-order valence-electron chi connectivity index (χ2n) is 3.35. The van der Waals surface area contributed by atoms with Crippen molar-refractivity contribution < 1.29 is 20.4 Å². The molecule has 0 aromatic heterocycles. The third kappa shape index (κ3) is 1.50. The largest absolute Gasteiger partial charge is 0.507 e. The van der Waals surface area contributed by atoms with Gasteiger partial charge in [-0.3, -0.25) is 0 Å². The lowest BCUT2D eigenvalue weighted by Gasteiger charge is -2.10. The predicted molar refractivity (Wildman–Crippen MR) is 58.5 cm³/mol. The van der Waals surface area contributed by atoms with Gasteiger partial charge in [0.2, 0.25) is 5.75 Å². The molecule has 0 radical (unpaired) electrons. The van der Waals surface area contributed by atoms with Gasteiger partial charge in [-0.25, -0.2) is 0 Å². The van der Waals surface area contributed by atoms with Gasteiger partial charge in [0, 0.05) is 6.07 Å². The minimum absolute atomic E-state index is 0.0934. The van der Waals surface area contributed by atoms with Crippen LogP contribution in [-0.2, 0) is 0 Å². The summed E-state index contributed by atoms with van der Waals surface area (Å²) < 4.78 is 0. The van der Waals surface area contributed by atoms with Crippen LogP contribution in [0.1, 0.15) is 0 Å². The lowest BCUT2D eigenvalue weighted by molar-refractivity contribution is 0.362. The van der Waals surface area contributed by atoms with Crippen molar-refractivity contribution in [2.45, 2.75) is 0 Å². The van der Waals surface area contributed by atoms with E-state index in [9.17, 15) is 20.4 Å². The molecule has 0 heterocycles. The van der Waals surface area contributed by atoms with Crippen LogP contribution in [0.3, 0.4) is 0 Å². The van der Waals surface area contributed by atoms with Gasteiger partial charge in [-0.1, -0.05) is 30.3 Å². The zero-order chi connectivity index (χ0) is 11.7. The maximum atomic E-state index is 9.64. The summed E-state index contributed by atoms with van der Waals surface area (Å²) in [5.41, 5.74) is 0.642. The summed E-state index contributed by atoms with van der Waals surface area (Å²) in [6, 6.07) is 9.59. The predicted octanol–water partition coefficient (Wildman–Crippen LogP) is 2.18. The van der Waals surface area contributed by atoms with E-state index in [1.165, 1.54) is 0 Å². The smallest absolute Gasteiger partial charge is 0.201 e. The van der Waals surface area contributed by atoms with Crippen molar-refractivity contribution in [1.29, 1.82) is 0 Å². The highest BCUT2D eigenvalue weighted by Crippen LogP contribution is 2.47. The molecule has 0 aliphatic carbocycles. The fourth-order valence-electron chi connectivity index (χ4n) is 1.52. The van der Waals surface area contributed by atoms with Gasteiger partial charge in [-0.05, 0) is 5.56 Å². The molecule has 2 aromatic rings. The summed E-state index contributed by atoms with van der Waals surface area (Å²) in [6.45, 7) is 0. The number of phenols is 4. The first-order valence-corrected chi connectivity index (χ1v) is 4.63. The molecule has 0 bridgehead atoms. The van der Waals surface area contributed by atoms with Crippen LogP contribution >= 0.6 is 0 Å². The average molecular weight is 218 g/mol. The molecule has 0 atom stereocenters. The van der Waals surface area contributed by atoms with Crippen molar-refractivity contribution in [3.05, 3.63) is 36.4 Å². The van der Waals surface area contributed by atoms with Gasteiger partial charge in [-0.2, -0.15) is 0 Å². The number of benzene rings is 2. The number of hydrogen-bond donors (Lipinski definition) is 4. The topological polar surface area (TPSA) is 80.9 Å². The molecule has 2 rings (SSSR count). The van der Waals surface area contributed by atoms with E-state index in [0.29, 0.717) is 5.56 Å². The van der Waals surface area contributed by atoms with Crippen LogP contribution in [0.2, 0.25) is 0 Å². The van der Waals surface area contributed by atoms with E-state index >= 15 is 0 Å². The Balaban J connectivity index is 2.71. The van der Waals surface area contributed by atoms with Gasteiger partial charge in [0.05, 0.1) is 5.56 Å². The Bertz CT molecular complexity index is 520. The van der Waals surface area contributed by atoms with E-state index in [1.807, 2.05) is 0 Å². The van der Waals surface area contributed by atoms with Crippen molar-refractivity contribution in [3.8, 4) is 34.1 Å². The van der Waals surface area contributed by atoms with Crippen LogP contribution < -0.4 is 0 Å². The summed E-state index contributed by atoms with van der Waals surface area (Å²) in [5.74, 6) is -2.03. The fourth-order valence-corrected chi connectivity index (χ4v) is 1.52. The van der Waals surface area contributed by atoms with Crippen molar-refractivity contribution in [1.82, 2.24) is 0 Å². The first kappa shape index (κ1) is 10.2. The highest BCUT2D eigenvalue weighted by Gasteiger charge is 2.17. The van der Waals surface area contributed by atoms with Crippen LogP contribution in [0, 0.1) is 0 Å². The summed E-state index contributed by atoms with van der Waals surface area (Å²) in [4.78, 5) is 0.